The van der Waals surface area contributed by atoms with Crippen LogP contribution < -0.4 is 0 Å². The van der Waals surface area contributed by atoms with Gasteiger partial charge in [-0.2, -0.15) is 0 Å². The molecule has 1 aromatic heterocycles. The molecule has 1 aromatic rings. The average Bonchev–Trinajstić information content (AvgIpc) is 3.13. The van der Waals surface area contributed by atoms with Crippen LogP contribution in [0, 0.1) is 5.92 Å². The van der Waals surface area contributed by atoms with Gasteiger partial charge in [-0.3, -0.25) is 4.79 Å². The standard InChI is InChI=1S/C17H22N2O4S2/c20-13(9-11-1-2-11)5-3-12-4-6-15(21)19(12)7-8-24-17-18-14(10-25-17)16(22)23/h3,5,10-13,20H,1-2,4,6-9H2,(H,22,23)/b5-3+/t12-,13+/m0/s1. The van der Waals surface area contributed by atoms with Gasteiger partial charge in [0.1, 0.15) is 0 Å². The van der Waals surface area contributed by atoms with E-state index < -0.39 is 12.1 Å². The van der Waals surface area contributed by atoms with E-state index in [-0.39, 0.29) is 17.6 Å². The third-order valence-corrected chi connectivity index (χ3v) is 6.46. The number of carbonyl (C=O) groups is 2. The molecule has 0 aromatic carbocycles. The summed E-state index contributed by atoms with van der Waals surface area (Å²) in [6.45, 7) is 0.596. The van der Waals surface area contributed by atoms with Crippen molar-refractivity contribution >= 4 is 35.0 Å². The van der Waals surface area contributed by atoms with Gasteiger partial charge in [0.2, 0.25) is 5.91 Å². The molecule has 0 spiro atoms. The third kappa shape index (κ3) is 5.29. The summed E-state index contributed by atoms with van der Waals surface area (Å²) in [6, 6.07) is 0.0489. The number of aliphatic hydroxyl groups is 1. The van der Waals surface area contributed by atoms with Crippen molar-refractivity contribution in [2.24, 2.45) is 5.92 Å². The molecule has 6 nitrogen and oxygen atoms in total. The van der Waals surface area contributed by atoms with Crippen molar-refractivity contribution in [3.8, 4) is 0 Å². The van der Waals surface area contributed by atoms with Crippen molar-refractivity contribution in [2.45, 2.75) is 48.6 Å². The maximum Gasteiger partial charge on any atom is 0.355 e. The van der Waals surface area contributed by atoms with E-state index in [0.29, 0.717) is 29.0 Å². The van der Waals surface area contributed by atoms with Gasteiger partial charge >= 0.3 is 5.97 Å². The number of hydrogen-bond acceptors (Lipinski definition) is 6. The number of hydrogen-bond donors (Lipinski definition) is 2. The molecule has 1 aliphatic heterocycles. The van der Waals surface area contributed by atoms with Gasteiger partial charge in [0.15, 0.2) is 10.0 Å². The lowest BCUT2D eigenvalue weighted by molar-refractivity contribution is -0.128. The quantitative estimate of drug-likeness (QED) is 0.504. The van der Waals surface area contributed by atoms with Gasteiger partial charge in [0.05, 0.1) is 12.1 Å². The highest BCUT2D eigenvalue weighted by molar-refractivity contribution is 8.01. The molecule has 1 saturated heterocycles. The predicted octanol–water partition coefficient (Wildman–Crippen LogP) is 2.64. The summed E-state index contributed by atoms with van der Waals surface area (Å²) in [6.07, 6.45) is 7.98. The highest BCUT2D eigenvalue weighted by atomic mass is 32.2. The molecule has 1 saturated carbocycles. The summed E-state index contributed by atoms with van der Waals surface area (Å²) in [5.74, 6) is 0.462. The van der Waals surface area contributed by atoms with Crippen molar-refractivity contribution in [3.05, 3.63) is 23.2 Å². The van der Waals surface area contributed by atoms with Crippen molar-refractivity contribution < 1.29 is 19.8 Å². The lowest BCUT2D eigenvalue weighted by Crippen LogP contribution is -2.33. The van der Waals surface area contributed by atoms with Crippen LogP contribution in [0.25, 0.3) is 0 Å². The number of aromatic carboxylic acids is 1. The second-order valence-corrected chi connectivity index (χ2v) is 8.68. The first-order valence-electron chi connectivity index (χ1n) is 8.50. The minimum absolute atomic E-state index is 0.0489. The number of aliphatic hydroxyl groups excluding tert-OH is 1. The highest BCUT2D eigenvalue weighted by Crippen LogP contribution is 2.34. The van der Waals surface area contributed by atoms with Gasteiger partial charge in [0.25, 0.3) is 0 Å². The van der Waals surface area contributed by atoms with Gasteiger partial charge in [-0.15, -0.1) is 11.3 Å². The number of rotatable bonds is 9. The van der Waals surface area contributed by atoms with Crippen LogP contribution >= 0.6 is 23.1 Å². The number of amides is 1. The normalized spacial score (nSPS) is 22.0. The molecule has 3 rings (SSSR count). The van der Waals surface area contributed by atoms with Gasteiger partial charge in [-0.25, -0.2) is 9.78 Å². The Balaban J connectivity index is 1.47. The number of nitrogens with zero attached hydrogens (tertiary/aromatic N) is 2. The number of carbonyl (C=O) groups excluding carboxylic acids is 1. The van der Waals surface area contributed by atoms with Gasteiger partial charge in [0, 0.05) is 24.1 Å². The van der Waals surface area contributed by atoms with E-state index in [1.165, 1.54) is 41.3 Å². The molecule has 0 bridgehead atoms. The molecule has 2 heterocycles. The van der Waals surface area contributed by atoms with E-state index in [9.17, 15) is 14.7 Å². The van der Waals surface area contributed by atoms with Gasteiger partial charge < -0.3 is 15.1 Å². The zero-order chi connectivity index (χ0) is 17.8. The fraction of sp³-hybridized carbons (Fsp3) is 0.588. The molecule has 2 fully saturated rings. The van der Waals surface area contributed by atoms with Crippen molar-refractivity contribution in [1.29, 1.82) is 0 Å². The Hall–Kier alpha value is -1.38. The second-order valence-electron chi connectivity index (χ2n) is 6.48. The number of carboxylic acids is 1. The molecule has 25 heavy (non-hydrogen) atoms. The maximum absolute atomic E-state index is 12.1. The summed E-state index contributed by atoms with van der Waals surface area (Å²) in [7, 11) is 0. The lowest BCUT2D eigenvalue weighted by atomic mass is 10.1. The summed E-state index contributed by atoms with van der Waals surface area (Å²) in [4.78, 5) is 28.8. The van der Waals surface area contributed by atoms with E-state index >= 15 is 0 Å². The zero-order valence-electron chi connectivity index (χ0n) is 13.8. The maximum atomic E-state index is 12.1. The lowest BCUT2D eigenvalue weighted by Gasteiger charge is -2.22. The Labute approximate surface area is 154 Å². The fourth-order valence-electron chi connectivity index (χ4n) is 2.93. The Kier molecular flexibility index (Phi) is 6.14. The Morgan fingerprint density at radius 2 is 2.28 bits per heavy atom. The van der Waals surface area contributed by atoms with Crippen LogP contribution in [0.15, 0.2) is 21.9 Å². The van der Waals surface area contributed by atoms with Crippen LogP contribution in [-0.4, -0.2) is 56.4 Å². The molecular formula is C17H22N2O4S2. The molecule has 0 unspecified atom stereocenters. The molecular weight excluding hydrogens is 360 g/mol. The number of aromatic nitrogens is 1. The molecule has 1 aliphatic carbocycles. The molecule has 2 N–H and O–H groups in total. The van der Waals surface area contributed by atoms with Crippen LogP contribution in [-0.2, 0) is 4.79 Å². The van der Waals surface area contributed by atoms with Crippen molar-refractivity contribution in [2.75, 3.05) is 12.3 Å². The number of carboxylic acid groups (broad SMARTS) is 1. The minimum Gasteiger partial charge on any atom is -0.476 e. The van der Waals surface area contributed by atoms with E-state index in [0.717, 1.165) is 12.8 Å². The van der Waals surface area contributed by atoms with E-state index in [1.807, 2.05) is 17.1 Å². The number of thioether (sulfide) groups is 1. The monoisotopic (exact) mass is 382 g/mol. The smallest absolute Gasteiger partial charge is 0.355 e. The largest absolute Gasteiger partial charge is 0.476 e. The van der Waals surface area contributed by atoms with Crippen LogP contribution in [0.5, 0.6) is 0 Å². The van der Waals surface area contributed by atoms with Crippen molar-refractivity contribution in [1.82, 2.24) is 9.88 Å². The average molecular weight is 383 g/mol. The van der Waals surface area contributed by atoms with Crippen LogP contribution in [0.2, 0.25) is 0 Å². The number of thiazole rings is 1. The molecule has 8 heteroatoms. The Morgan fingerprint density at radius 3 is 2.96 bits per heavy atom. The second kappa shape index (κ2) is 8.33. The first-order valence-corrected chi connectivity index (χ1v) is 10.4. The van der Waals surface area contributed by atoms with Crippen LogP contribution in [0.4, 0.5) is 0 Å². The van der Waals surface area contributed by atoms with Gasteiger partial charge in [-0.05, 0) is 18.8 Å². The summed E-state index contributed by atoms with van der Waals surface area (Å²) in [5.41, 5.74) is 0.0650. The van der Waals surface area contributed by atoms with Crippen LogP contribution in [0.3, 0.4) is 0 Å². The van der Waals surface area contributed by atoms with E-state index in [1.54, 1.807) is 0 Å². The molecule has 2 aliphatic rings. The molecule has 2 atom stereocenters. The van der Waals surface area contributed by atoms with E-state index in [2.05, 4.69) is 4.98 Å². The fourth-order valence-corrected chi connectivity index (χ4v) is 4.74. The SMILES string of the molecule is O=C(O)c1csc(SCCN2C(=O)CC[C@@H]2/C=C/[C@@H](O)CC2CC2)n1. The first kappa shape index (κ1) is 18.4. The highest BCUT2D eigenvalue weighted by Gasteiger charge is 2.29. The Bertz CT molecular complexity index is 657. The first-order chi connectivity index (χ1) is 12.0. The van der Waals surface area contributed by atoms with E-state index in [4.69, 9.17) is 5.11 Å². The molecule has 136 valence electrons. The van der Waals surface area contributed by atoms with Gasteiger partial charge in [-0.1, -0.05) is 36.8 Å². The topological polar surface area (TPSA) is 90.7 Å². The summed E-state index contributed by atoms with van der Waals surface area (Å²) >= 11 is 2.78. The van der Waals surface area contributed by atoms with Crippen molar-refractivity contribution in [3.63, 3.8) is 0 Å². The number of likely N-dealkylation sites (tertiary alicyclic amines) is 1. The minimum atomic E-state index is -1.02. The summed E-state index contributed by atoms with van der Waals surface area (Å²) < 4.78 is 0.705. The zero-order valence-corrected chi connectivity index (χ0v) is 15.5. The predicted molar refractivity (Wildman–Crippen MR) is 97.0 cm³/mol. The molecule has 1 amide bonds. The molecule has 0 radical (unpaired) electrons. The van der Waals surface area contributed by atoms with Crippen LogP contribution in [0.1, 0.15) is 42.6 Å². The Morgan fingerprint density at radius 1 is 1.48 bits per heavy atom. The summed E-state index contributed by atoms with van der Waals surface area (Å²) in [5, 5.41) is 20.4. The third-order valence-electron chi connectivity index (χ3n) is 4.46.